The summed E-state index contributed by atoms with van der Waals surface area (Å²) >= 11 is 0. The first-order chi connectivity index (χ1) is 27.8. The normalized spacial score (nSPS) is 14.2. The van der Waals surface area contributed by atoms with E-state index in [2.05, 4.69) is 213 Å². The van der Waals surface area contributed by atoms with E-state index in [1.54, 1.807) is 0 Å². The lowest BCUT2D eigenvalue weighted by atomic mass is 9.82. The highest BCUT2D eigenvalue weighted by molar-refractivity contribution is 6.10. The van der Waals surface area contributed by atoms with Gasteiger partial charge in [0.25, 0.3) is 0 Å². The second-order valence-corrected chi connectivity index (χ2v) is 16.6. The summed E-state index contributed by atoms with van der Waals surface area (Å²) in [7, 11) is 0. The van der Waals surface area contributed by atoms with E-state index < -0.39 is 0 Å². The van der Waals surface area contributed by atoms with Crippen molar-refractivity contribution < 1.29 is 4.42 Å². The van der Waals surface area contributed by atoms with Crippen molar-refractivity contribution in [3.63, 3.8) is 0 Å². The van der Waals surface area contributed by atoms with Crippen LogP contribution in [-0.4, -0.2) is 0 Å². The van der Waals surface area contributed by atoms with Gasteiger partial charge >= 0.3 is 0 Å². The van der Waals surface area contributed by atoms with Gasteiger partial charge in [0.1, 0.15) is 5.58 Å². The topological polar surface area (TPSA) is 19.6 Å². The lowest BCUT2D eigenvalue weighted by Crippen LogP contribution is -2.18. The van der Waals surface area contributed by atoms with Crippen LogP contribution < -0.4 is 9.80 Å². The number of nitrogens with zero attached hydrogens (tertiary/aromatic N) is 2. The predicted molar refractivity (Wildman–Crippen MR) is 238 cm³/mol. The second-order valence-electron chi connectivity index (χ2n) is 16.6. The van der Waals surface area contributed by atoms with E-state index in [0.717, 1.165) is 56.1 Å². The predicted octanol–water partition coefficient (Wildman–Crippen LogP) is 15.1. The zero-order valence-corrected chi connectivity index (χ0v) is 32.6. The molecule has 11 rings (SSSR count). The van der Waals surface area contributed by atoms with E-state index in [0.29, 0.717) is 0 Å². The Labute approximate surface area is 334 Å². The van der Waals surface area contributed by atoms with Gasteiger partial charge in [0.2, 0.25) is 0 Å². The summed E-state index contributed by atoms with van der Waals surface area (Å²) in [4.78, 5) is 4.77. The molecule has 2 aliphatic rings. The molecule has 9 aromatic rings. The first-order valence-corrected chi connectivity index (χ1v) is 19.9. The SMILES string of the molecule is CC1(C)c2ccccc2-c2cc(N(c3ccccc3)c3ccc4c(c3)C(C)(C)c3cc(N(c5ccccc5)c5cccc6c5oc5ccccc56)ccc3-4)ccc21. The molecule has 0 fully saturated rings. The van der Waals surface area contributed by atoms with Gasteiger partial charge in [0.05, 0.1) is 5.69 Å². The summed E-state index contributed by atoms with van der Waals surface area (Å²) in [5.74, 6) is 0. The fourth-order valence-corrected chi connectivity index (χ4v) is 9.78. The second kappa shape index (κ2) is 12.3. The van der Waals surface area contributed by atoms with Crippen molar-refractivity contribution in [1.29, 1.82) is 0 Å². The molecule has 0 saturated carbocycles. The molecule has 57 heavy (non-hydrogen) atoms. The molecular formula is C54H42N2O. The smallest absolute Gasteiger partial charge is 0.159 e. The average Bonchev–Trinajstić information content (AvgIpc) is 3.82. The summed E-state index contributed by atoms with van der Waals surface area (Å²) < 4.78 is 6.61. The highest BCUT2D eigenvalue weighted by atomic mass is 16.3. The van der Waals surface area contributed by atoms with Crippen molar-refractivity contribution in [3.8, 4) is 22.3 Å². The lowest BCUT2D eigenvalue weighted by Gasteiger charge is -2.29. The standard InChI is InChI=1S/C54H42N2O/c1-53(2)46-23-13-11-20-40(46)45-32-37(28-31-47(45)53)55(35-16-7-5-8-17-35)38-26-29-41-42-30-27-39(34-49(42)54(3,4)48(41)33-38)56(36-18-9-6-10-19-36)50-24-15-22-44-43-21-12-14-25-51(43)57-52(44)50/h5-34H,1-4H3. The zero-order chi connectivity index (χ0) is 38.5. The Balaban J connectivity index is 1.04. The molecule has 1 aromatic heterocycles. The fraction of sp³-hybridized carbons (Fsp3) is 0.111. The van der Waals surface area contributed by atoms with Gasteiger partial charge in [-0.05, 0) is 117 Å². The summed E-state index contributed by atoms with van der Waals surface area (Å²) in [5, 5.41) is 2.24. The van der Waals surface area contributed by atoms with Crippen LogP contribution in [0.15, 0.2) is 186 Å². The Bertz CT molecular complexity index is 3030. The molecule has 2 aliphatic carbocycles. The van der Waals surface area contributed by atoms with Crippen LogP contribution >= 0.6 is 0 Å². The Morgan fingerprint density at radius 2 is 0.860 bits per heavy atom. The van der Waals surface area contributed by atoms with Crippen molar-refractivity contribution >= 4 is 56.1 Å². The molecule has 1 heterocycles. The maximum atomic E-state index is 6.61. The van der Waals surface area contributed by atoms with E-state index in [4.69, 9.17) is 4.42 Å². The van der Waals surface area contributed by atoms with Crippen molar-refractivity contribution in [3.05, 3.63) is 204 Å². The summed E-state index contributed by atoms with van der Waals surface area (Å²) in [6.45, 7) is 9.44. The summed E-state index contributed by atoms with van der Waals surface area (Å²) in [5.41, 5.74) is 18.7. The van der Waals surface area contributed by atoms with Gasteiger partial charge in [0, 0.05) is 50.0 Å². The summed E-state index contributed by atoms with van der Waals surface area (Å²) in [6, 6.07) is 66.2. The first-order valence-electron chi connectivity index (χ1n) is 19.9. The number of hydrogen-bond donors (Lipinski definition) is 0. The molecule has 0 saturated heterocycles. The van der Waals surface area contributed by atoms with Crippen LogP contribution in [0.4, 0.5) is 34.1 Å². The molecule has 0 unspecified atom stereocenters. The van der Waals surface area contributed by atoms with Gasteiger partial charge < -0.3 is 14.2 Å². The number of para-hydroxylation sites is 4. The van der Waals surface area contributed by atoms with E-state index in [1.807, 2.05) is 6.07 Å². The molecule has 0 aliphatic heterocycles. The molecule has 274 valence electrons. The third kappa shape index (κ3) is 4.98. The number of furan rings is 1. The molecule has 0 amide bonds. The van der Waals surface area contributed by atoms with Crippen LogP contribution in [0.5, 0.6) is 0 Å². The van der Waals surface area contributed by atoms with Gasteiger partial charge in [-0.2, -0.15) is 0 Å². The minimum absolute atomic E-state index is 0.0427. The maximum absolute atomic E-state index is 6.61. The fourth-order valence-electron chi connectivity index (χ4n) is 9.78. The minimum Gasteiger partial charge on any atom is -0.454 e. The number of fused-ring (bicyclic) bond motifs is 9. The molecule has 3 heteroatoms. The van der Waals surface area contributed by atoms with E-state index in [9.17, 15) is 0 Å². The molecule has 0 bridgehead atoms. The Morgan fingerprint density at radius 3 is 1.58 bits per heavy atom. The molecule has 0 spiro atoms. The molecule has 3 nitrogen and oxygen atoms in total. The maximum Gasteiger partial charge on any atom is 0.159 e. The largest absolute Gasteiger partial charge is 0.454 e. The van der Waals surface area contributed by atoms with Crippen LogP contribution in [-0.2, 0) is 10.8 Å². The van der Waals surface area contributed by atoms with E-state index in [-0.39, 0.29) is 10.8 Å². The lowest BCUT2D eigenvalue weighted by molar-refractivity contribution is 0.660. The zero-order valence-electron chi connectivity index (χ0n) is 32.6. The van der Waals surface area contributed by atoms with Crippen molar-refractivity contribution in [2.45, 2.75) is 38.5 Å². The van der Waals surface area contributed by atoms with Crippen molar-refractivity contribution in [2.24, 2.45) is 0 Å². The van der Waals surface area contributed by atoms with Crippen LogP contribution in [0.1, 0.15) is 49.9 Å². The first kappa shape index (κ1) is 33.5. The average molecular weight is 735 g/mol. The number of anilines is 6. The van der Waals surface area contributed by atoms with Crippen LogP contribution in [0.2, 0.25) is 0 Å². The monoisotopic (exact) mass is 734 g/mol. The number of benzene rings is 8. The van der Waals surface area contributed by atoms with Gasteiger partial charge in [-0.15, -0.1) is 0 Å². The van der Waals surface area contributed by atoms with E-state index in [1.165, 1.54) is 44.5 Å². The summed E-state index contributed by atoms with van der Waals surface area (Å²) in [6.07, 6.45) is 0. The molecule has 0 radical (unpaired) electrons. The van der Waals surface area contributed by atoms with Crippen LogP contribution in [0, 0.1) is 0 Å². The highest BCUT2D eigenvalue weighted by Gasteiger charge is 2.38. The third-order valence-electron chi connectivity index (χ3n) is 12.6. The van der Waals surface area contributed by atoms with E-state index >= 15 is 0 Å². The van der Waals surface area contributed by atoms with Gasteiger partial charge in [-0.3, -0.25) is 0 Å². The molecule has 0 atom stereocenters. The van der Waals surface area contributed by atoms with Crippen molar-refractivity contribution in [2.75, 3.05) is 9.80 Å². The number of hydrogen-bond acceptors (Lipinski definition) is 3. The molecule has 0 N–H and O–H groups in total. The van der Waals surface area contributed by atoms with Gasteiger partial charge in [-0.1, -0.05) is 137 Å². The quantitative estimate of drug-likeness (QED) is 0.170. The Hall–Kier alpha value is -6.84. The third-order valence-corrected chi connectivity index (χ3v) is 12.6. The minimum atomic E-state index is -0.256. The van der Waals surface area contributed by atoms with Gasteiger partial charge in [-0.25, -0.2) is 0 Å². The van der Waals surface area contributed by atoms with Crippen molar-refractivity contribution in [1.82, 2.24) is 0 Å². The van der Waals surface area contributed by atoms with Gasteiger partial charge in [0.15, 0.2) is 5.58 Å². The Morgan fingerprint density at radius 1 is 0.351 bits per heavy atom. The van der Waals surface area contributed by atoms with Crippen LogP contribution in [0.3, 0.4) is 0 Å². The number of rotatable bonds is 6. The molecule has 8 aromatic carbocycles. The van der Waals surface area contributed by atoms with Crippen LogP contribution in [0.25, 0.3) is 44.2 Å². The Kier molecular flexibility index (Phi) is 7.25. The highest BCUT2D eigenvalue weighted by Crippen LogP contribution is 2.54. The molecular weight excluding hydrogens is 693 g/mol.